The second kappa shape index (κ2) is 6.91. The van der Waals surface area contributed by atoms with Gasteiger partial charge < -0.3 is 10.4 Å². The Morgan fingerprint density at radius 1 is 1.24 bits per heavy atom. The molecule has 0 fully saturated rings. The number of rotatable bonds is 6. The highest BCUT2D eigenvalue weighted by Crippen LogP contribution is 2.15. The van der Waals surface area contributed by atoms with Gasteiger partial charge in [-0.15, -0.1) is 0 Å². The summed E-state index contributed by atoms with van der Waals surface area (Å²) in [4.78, 5) is 22.7. The molecule has 21 heavy (non-hydrogen) atoms. The van der Waals surface area contributed by atoms with Crippen molar-refractivity contribution in [3.63, 3.8) is 0 Å². The van der Waals surface area contributed by atoms with Crippen molar-refractivity contribution in [3.05, 3.63) is 29.3 Å². The number of aliphatic carboxylic acids is 1. The van der Waals surface area contributed by atoms with Crippen LogP contribution in [-0.4, -0.2) is 37.2 Å². The van der Waals surface area contributed by atoms with Gasteiger partial charge in [-0.1, -0.05) is 25.4 Å². The first-order valence-electron chi connectivity index (χ1n) is 6.14. The van der Waals surface area contributed by atoms with E-state index >= 15 is 0 Å². The number of carboxylic acids is 1. The summed E-state index contributed by atoms with van der Waals surface area (Å²) < 4.78 is 24.0. The molecule has 0 aliphatic rings. The molecule has 0 aliphatic carbocycles. The van der Waals surface area contributed by atoms with E-state index in [-0.39, 0.29) is 10.8 Å². The van der Waals surface area contributed by atoms with Crippen LogP contribution in [0, 0.1) is 5.92 Å². The van der Waals surface area contributed by atoms with Crippen molar-refractivity contribution in [1.29, 1.82) is 0 Å². The monoisotopic (exact) mass is 333 g/mol. The summed E-state index contributed by atoms with van der Waals surface area (Å²) in [6.07, 6.45) is 0. The lowest BCUT2D eigenvalue weighted by atomic mass is 10.1. The normalized spacial score (nSPS) is 13.0. The lowest BCUT2D eigenvalue weighted by Gasteiger charge is -2.17. The Hall–Kier alpha value is -1.60. The van der Waals surface area contributed by atoms with Crippen LogP contribution < -0.4 is 5.32 Å². The predicted octanol–water partition coefficient (Wildman–Crippen LogP) is 1.34. The van der Waals surface area contributed by atoms with Crippen molar-refractivity contribution in [2.24, 2.45) is 5.92 Å². The summed E-state index contributed by atoms with van der Waals surface area (Å²) in [6, 6.07) is 4.27. The average molecular weight is 334 g/mol. The first-order chi connectivity index (χ1) is 9.63. The number of carboxylic acid groups (broad SMARTS) is 1. The summed E-state index contributed by atoms with van der Waals surface area (Å²) >= 11 is 5.67. The van der Waals surface area contributed by atoms with E-state index in [2.05, 4.69) is 5.32 Å². The molecule has 8 heteroatoms. The highest BCUT2D eigenvalue weighted by molar-refractivity contribution is 7.92. The molecular weight excluding hydrogens is 318 g/mol. The Morgan fingerprint density at radius 3 is 2.19 bits per heavy atom. The SMILES string of the molecule is CC(C)C(NC(=O)CS(=O)(=O)c1ccc(Cl)cc1)C(=O)O. The summed E-state index contributed by atoms with van der Waals surface area (Å²) in [5.41, 5.74) is 0. The molecule has 1 unspecified atom stereocenters. The molecule has 0 aliphatic heterocycles. The number of amides is 1. The average Bonchev–Trinajstić information content (AvgIpc) is 2.35. The van der Waals surface area contributed by atoms with Crippen LogP contribution in [-0.2, 0) is 19.4 Å². The van der Waals surface area contributed by atoms with Gasteiger partial charge in [-0.2, -0.15) is 0 Å². The summed E-state index contributed by atoms with van der Waals surface area (Å²) in [5.74, 6) is -3.23. The standard InChI is InChI=1S/C13H16ClNO5S/c1-8(2)12(13(17)18)15-11(16)7-21(19,20)10-5-3-9(14)4-6-10/h3-6,8,12H,7H2,1-2H3,(H,15,16)(H,17,18). The number of hydrogen-bond donors (Lipinski definition) is 2. The zero-order chi connectivity index (χ0) is 16.2. The molecular formula is C13H16ClNO5S. The van der Waals surface area contributed by atoms with Crippen molar-refractivity contribution in [2.45, 2.75) is 24.8 Å². The van der Waals surface area contributed by atoms with Crippen LogP contribution in [0.15, 0.2) is 29.2 Å². The van der Waals surface area contributed by atoms with Gasteiger partial charge in [-0.3, -0.25) is 4.79 Å². The quantitative estimate of drug-likeness (QED) is 0.818. The molecule has 0 saturated heterocycles. The maximum Gasteiger partial charge on any atom is 0.326 e. The topological polar surface area (TPSA) is 101 Å². The molecule has 0 saturated carbocycles. The summed E-state index contributed by atoms with van der Waals surface area (Å²) in [7, 11) is -3.84. The minimum absolute atomic E-state index is 0.0431. The number of benzene rings is 1. The molecule has 0 bridgehead atoms. The van der Waals surface area contributed by atoms with Gasteiger partial charge in [-0.25, -0.2) is 13.2 Å². The second-order valence-corrected chi connectivity index (χ2v) is 7.27. The lowest BCUT2D eigenvalue weighted by Crippen LogP contribution is -2.46. The molecule has 2 N–H and O–H groups in total. The van der Waals surface area contributed by atoms with Gasteiger partial charge in [0.25, 0.3) is 0 Å². The van der Waals surface area contributed by atoms with Crippen molar-refractivity contribution < 1.29 is 23.1 Å². The zero-order valence-electron chi connectivity index (χ0n) is 11.5. The van der Waals surface area contributed by atoms with E-state index in [1.807, 2.05) is 0 Å². The molecule has 0 spiro atoms. The Labute approximate surface area is 128 Å². The molecule has 1 rings (SSSR count). The van der Waals surface area contributed by atoms with Crippen LogP contribution in [0.4, 0.5) is 0 Å². The van der Waals surface area contributed by atoms with Crippen LogP contribution in [0.5, 0.6) is 0 Å². The Balaban J connectivity index is 2.82. The number of hydrogen-bond acceptors (Lipinski definition) is 4. The number of carbonyl (C=O) groups is 2. The van der Waals surface area contributed by atoms with Gasteiger partial charge in [0.05, 0.1) is 4.90 Å². The highest BCUT2D eigenvalue weighted by Gasteiger charge is 2.26. The minimum atomic E-state index is -3.84. The van der Waals surface area contributed by atoms with E-state index < -0.39 is 33.5 Å². The maximum atomic E-state index is 12.0. The Kier molecular flexibility index (Phi) is 5.74. The van der Waals surface area contributed by atoms with Crippen molar-refractivity contribution in [2.75, 3.05) is 5.75 Å². The lowest BCUT2D eigenvalue weighted by molar-refractivity contribution is -0.142. The maximum absolute atomic E-state index is 12.0. The van der Waals surface area contributed by atoms with Gasteiger partial charge in [-0.05, 0) is 30.2 Å². The van der Waals surface area contributed by atoms with Crippen molar-refractivity contribution >= 4 is 33.3 Å². The Morgan fingerprint density at radius 2 is 1.76 bits per heavy atom. The third-order valence-corrected chi connectivity index (χ3v) is 4.63. The zero-order valence-corrected chi connectivity index (χ0v) is 13.1. The van der Waals surface area contributed by atoms with Gasteiger partial charge in [0.15, 0.2) is 9.84 Å². The molecule has 0 aromatic heterocycles. The number of nitrogens with one attached hydrogen (secondary N) is 1. The fraction of sp³-hybridized carbons (Fsp3) is 0.385. The number of sulfone groups is 1. The van der Waals surface area contributed by atoms with Gasteiger partial charge in [0.1, 0.15) is 11.8 Å². The van der Waals surface area contributed by atoms with Crippen LogP contribution in [0.25, 0.3) is 0 Å². The van der Waals surface area contributed by atoms with Gasteiger partial charge in [0, 0.05) is 5.02 Å². The molecule has 6 nitrogen and oxygen atoms in total. The first kappa shape index (κ1) is 17.5. The van der Waals surface area contributed by atoms with Crippen LogP contribution >= 0.6 is 11.6 Å². The van der Waals surface area contributed by atoms with E-state index in [4.69, 9.17) is 16.7 Å². The Bertz CT molecular complexity index is 624. The smallest absolute Gasteiger partial charge is 0.326 e. The highest BCUT2D eigenvalue weighted by atomic mass is 35.5. The largest absolute Gasteiger partial charge is 0.480 e. The molecule has 1 aromatic rings. The molecule has 1 aromatic carbocycles. The third kappa shape index (κ3) is 5.02. The molecule has 1 amide bonds. The van der Waals surface area contributed by atoms with E-state index in [0.29, 0.717) is 5.02 Å². The van der Waals surface area contributed by atoms with E-state index in [1.54, 1.807) is 13.8 Å². The molecule has 116 valence electrons. The first-order valence-corrected chi connectivity index (χ1v) is 8.17. The fourth-order valence-electron chi connectivity index (χ4n) is 1.63. The van der Waals surface area contributed by atoms with E-state index in [9.17, 15) is 18.0 Å². The molecule has 1 atom stereocenters. The number of carbonyl (C=O) groups excluding carboxylic acids is 1. The van der Waals surface area contributed by atoms with E-state index in [0.717, 1.165) is 0 Å². The fourth-order valence-corrected chi connectivity index (χ4v) is 2.90. The van der Waals surface area contributed by atoms with Crippen LogP contribution in [0.1, 0.15) is 13.8 Å². The molecule has 0 heterocycles. The number of halogens is 1. The van der Waals surface area contributed by atoms with Crippen molar-refractivity contribution in [3.8, 4) is 0 Å². The summed E-state index contributed by atoms with van der Waals surface area (Å²) in [6.45, 7) is 3.24. The third-order valence-electron chi connectivity index (χ3n) is 2.74. The van der Waals surface area contributed by atoms with Crippen LogP contribution in [0.2, 0.25) is 5.02 Å². The van der Waals surface area contributed by atoms with E-state index in [1.165, 1.54) is 24.3 Å². The van der Waals surface area contributed by atoms with Gasteiger partial charge in [0.2, 0.25) is 5.91 Å². The predicted molar refractivity (Wildman–Crippen MR) is 77.9 cm³/mol. The van der Waals surface area contributed by atoms with Gasteiger partial charge >= 0.3 is 5.97 Å². The van der Waals surface area contributed by atoms with Crippen molar-refractivity contribution in [1.82, 2.24) is 5.32 Å². The van der Waals surface area contributed by atoms with Crippen LogP contribution in [0.3, 0.4) is 0 Å². The molecule has 0 radical (unpaired) electrons. The minimum Gasteiger partial charge on any atom is -0.480 e. The summed E-state index contributed by atoms with van der Waals surface area (Å²) in [5, 5.41) is 11.5. The second-order valence-electron chi connectivity index (χ2n) is 4.84.